The number of hydrogen-bond donors (Lipinski definition) is 2. The molecular weight excluding hydrogens is 196 g/mol. The van der Waals surface area contributed by atoms with Gasteiger partial charge in [0.15, 0.2) is 0 Å². The Morgan fingerprint density at radius 3 is 3.00 bits per heavy atom. The lowest BCUT2D eigenvalue weighted by atomic mass is 9.65. The van der Waals surface area contributed by atoms with Gasteiger partial charge in [0.25, 0.3) is 0 Å². The summed E-state index contributed by atoms with van der Waals surface area (Å²) in [6, 6.07) is 10.3. The zero-order chi connectivity index (χ0) is 10.6. The maximum Gasteiger partial charge on any atom is 0.0382 e. The lowest BCUT2D eigenvalue weighted by Gasteiger charge is -2.41. The van der Waals surface area contributed by atoms with E-state index in [4.69, 9.17) is 0 Å². The van der Waals surface area contributed by atoms with Crippen molar-refractivity contribution in [2.45, 2.75) is 43.2 Å². The molecule has 4 rings (SSSR count). The second kappa shape index (κ2) is 3.01. The molecule has 0 bridgehead atoms. The minimum Gasteiger partial charge on any atom is -0.381 e. The zero-order valence-corrected chi connectivity index (χ0v) is 9.50. The van der Waals surface area contributed by atoms with Crippen molar-refractivity contribution in [1.29, 1.82) is 0 Å². The second-order valence-electron chi connectivity index (χ2n) is 5.47. The molecule has 3 aliphatic rings. The fourth-order valence-electron chi connectivity index (χ4n) is 4.28. The van der Waals surface area contributed by atoms with Crippen molar-refractivity contribution in [3.8, 4) is 0 Å². The average Bonchev–Trinajstić information content (AvgIpc) is 2.87. The number of hydrogen-bond acceptors (Lipinski definition) is 2. The van der Waals surface area contributed by atoms with Crippen LogP contribution in [0, 0.1) is 0 Å². The van der Waals surface area contributed by atoms with Crippen LogP contribution >= 0.6 is 0 Å². The number of anilines is 1. The summed E-state index contributed by atoms with van der Waals surface area (Å²) in [4.78, 5) is 0. The largest absolute Gasteiger partial charge is 0.381 e. The molecule has 1 spiro atoms. The summed E-state index contributed by atoms with van der Waals surface area (Å²) in [6.07, 6.45) is 5.37. The van der Waals surface area contributed by atoms with Crippen molar-refractivity contribution in [3.05, 3.63) is 29.8 Å². The molecule has 2 nitrogen and oxygen atoms in total. The normalized spacial score (nSPS) is 39.8. The molecular formula is C14H18N2. The molecule has 1 aromatic rings. The lowest BCUT2D eigenvalue weighted by Crippen LogP contribution is -2.51. The second-order valence-corrected chi connectivity index (χ2v) is 5.47. The summed E-state index contributed by atoms with van der Waals surface area (Å²) in [7, 11) is 0. The standard InChI is InChI=1S/C14H18N2/c1-2-5-11-10(4-1)14-8-9-15-12(14)6-3-7-13(14)16-11/h1-2,4-5,12-13,15-16H,3,6-9H2. The molecule has 3 atom stereocenters. The van der Waals surface area contributed by atoms with Gasteiger partial charge in [0, 0.05) is 23.2 Å². The quantitative estimate of drug-likeness (QED) is 0.692. The third-order valence-electron chi connectivity index (χ3n) is 4.92. The minimum absolute atomic E-state index is 0.412. The predicted octanol–water partition coefficient (Wildman–Crippen LogP) is 2.26. The van der Waals surface area contributed by atoms with Crippen LogP contribution in [0.5, 0.6) is 0 Å². The van der Waals surface area contributed by atoms with Crippen LogP contribution < -0.4 is 10.6 Å². The first kappa shape index (κ1) is 9.06. The Kier molecular flexibility index (Phi) is 1.70. The van der Waals surface area contributed by atoms with E-state index in [2.05, 4.69) is 34.9 Å². The topological polar surface area (TPSA) is 24.1 Å². The monoisotopic (exact) mass is 214 g/mol. The van der Waals surface area contributed by atoms with E-state index in [0.29, 0.717) is 17.5 Å². The van der Waals surface area contributed by atoms with Gasteiger partial charge in [-0.1, -0.05) is 18.2 Å². The van der Waals surface area contributed by atoms with Crippen LogP contribution in [-0.2, 0) is 5.41 Å². The molecule has 2 heteroatoms. The van der Waals surface area contributed by atoms with Gasteiger partial charge in [0.2, 0.25) is 0 Å². The first-order valence-corrected chi connectivity index (χ1v) is 6.51. The van der Waals surface area contributed by atoms with Crippen molar-refractivity contribution in [2.24, 2.45) is 0 Å². The van der Waals surface area contributed by atoms with E-state index >= 15 is 0 Å². The zero-order valence-electron chi connectivity index (χ0n) is 9.50. The van der Waals surface area contributed by atoms with E-state index in [0.717, 1.165) is 0 Å². The molecule has 2 heterocycles. The highest BCUT2D eigenvalue weighted by Gasteiger charge is 2.55. The van der Waals surface area contributed by atoms with Crippen LogP contribution in [0.1, 0.15) is 31.2 Å². The molecule has 2 aliphatic heterocycles. The molecule has 0 amide bonds. The maximum atomic E-state index is 3.76. The molecule has 1 saturated carbocycles. The molecule has 1 saturated heterocycles. The van der Waals surface area contributed by atoms with Gasteiger partial charge in [-0.25, -0.2) is 0 Å². The van der Waals surface area contributed by atoms with Gasteiger partial charge in [0.05, 0.1) is 0 Å². The van der Waals surface area contributed by atoms with E-state index in [1.165, 1.54) is 37.9 Å². The summed E-state index contributed by atoms with van der Waals surface area (Å²) in [6.45, 7) is 1.19. The summed E-state index contributed by atoms with van der Waals surface area (Å²) < 4.78 is 0. The van der Waals surface area contributed by atoms with Gasteiger partial charge in [0.1, 0.15) is 0 Å². The maximum absolute atomic E-state index is 3.76. The summed E-state index contributed by atoms with van der Waals surface area (Å²) in [5, 5.41) is 7.48. The SMILES string of the molecule is c1ccc2c(c1)NC1CCCC3NCCC231. The summed E-state index contributed by atoms with van der Waals surface area (Å²) in [5.74, 6) is 0. The Morgan fingerprint density at radius 1 is 1.12 bits per heavy atom. The van der Waals surface area contributed by atoms with Gasteiger partial charge in [-0.05, 0) is 43.9 Å². The fraction of sp³-hybridized carbons (Fsp3) is 0.571. The first-order chi connectivity index (χ1) is 7.91. The number of fused-ring (bicyclic) bond motifs is 1. The van der Waals surface area contributed by atoms with E-state index in [-0.39, 0.29) is 0 Å². The highest BCUT2D eigenvalue weighted by atomic mass is 15.1. The van der Waals surface area contributed by atoms with Gasteiger partial charge >= 0.3 is 0 Å². The molecule has 84 valence electrons. The van der Waals surface area contributed by atoms with Gasteiger partial charge in [-0.2, -0.15) is 0 Å². The molecule has 0 aromatic heterocycles. The van der Waals surface area contributed by atoms with Crippen molar-refractivity contribution < 1.29 is 0 Å². The fourth-order valence-corrected chi connectivity index (χ4v) is 4.28. The molecule has 16 heavy (non-hydrogen) atoms. The molecule has 2 fully saturated rings. The first-order valence-electron chi connectivity index (χ1n) is 6.51. The molecule has 0 radical (unpaired) electrons. The van der Waals surface area contributed by atoms with Gasteiger partial charge in [-0.15, -0.1) is 0 Å². The third-order valence-corrected chi connectivity index (χ3v) is 4.92. The van der Waals surface area contributed by atoms with Crippen LogP contribution in [-0.4, -0.2) is 18.6 Å². The highest BCUT2D eigenvalue weighted by Crippen LogP contribution is 2.52. The Morgan fingerprint density at radius 2 is 2.00 bits per heavy atom. The van der Waals surface area contributed by atoms with Gasteiger partial charge in [-0.3, -0.25) is 0 Å². The number of nitrogens with one attached hydrogen (secondary N) is 2. The highest BCUT2D eigenvalue weighted by molar-refractivity contribution is 5.63. The molecule has 1 aliphatic carbocycles. The van der Waals surface area contributed by atoms with Crippen molar-refractivity contribution >= 4 is 5.69 Å². The summed E-state index contributed by atoms with van der Waals surface area (Å²) >= 11 is 0. The van der Waals surface area contributed by atoms with Crippen molar-refractivity contribution in [1.82, 2.24) is 5.32 Å². The van der Waals surface area contributed by atoms with Crippen LogP contribution in [0.25, 0.3) is 0 Å². The average molecular weight is 214 g/mol. The number of benzene rings is 1. The van der Waals surface area contributed by atoms with Crippen LogP contribution in [0.3, 0.4) is 0 Å². The third kappa shape index (κ3) is 0.921. The van der Waals surface area contributed by atoms with Crippen LogP contribution in [0.4, 0.5) is 5.69 Å². The van der Waals surface area contributed by atoms with Crippen LogP contribution in [0.15, 0.2) is 24.3 Å². The van der Waals surface area contributed by atoms with E-state index in [1.54, 1.807) is 5.56 Å². The Hall–Kier alpha value is -1.02. The van der Waals surface area contributed by atoms with Crippen molar-refractivity contribution in [2.75, 3.05) is 11.9 Å². The minimum atomic E-state index is 0.412. The number of rotatable bonds is 0. The molecule has 3 unspecified atom stereocenters. The Balaban J connectivity index is 1.91. The summed E-state index contributed by atoms with van der Waals surface area (Å²) in [5.41, 5.74) is 3.38. The Labute approximate surface area is 96.4 Å². The van der Waals surface area contributed by atoms with Crippen LogP contribution in [0.2, 0.25) is 0 Å². The Bertz CT molecular complexity index is 428. The molecule has 1 aromatic carbocycles. The van der Waals surface area contributed by atoms with E-state index in [9.17, 15) is 0 Å². The smallest absolute Gasteiger partial charge is 0.0382 e. The predicted molar refractivity (Wildman–Crippen MR) is 65.8 cm³/mol. The van der Waals surface area contributed by atoms with E-state index in [1.807, 2.05) is 0 Å². The molecule has 2 N–H and O–H groups in total. The lowest BCUT2D eigenvalue weighted by molar-refractivity contribution is 0.256. The number of para-hydroxylation sites is 1. The van der Waals surface area contributed by atoms with Gasteiger partial charge < -0.3 is 10.6 Å². The van der Waals surface area contributed by atoms with Crippen molar-refractivity contribution in [3.63, 3.8) is 0 Å². The van der Waals surface area contributed by atoms with E-state index < -0.39 is 0 Å².